The van der Waals surface area contributed by atoms with Gasteiger partial charge in [-0.1, -0.05) is 0 Å². The Morgan fingerprint density at radius 1 is 1.14 bits per heavy atom. The third-order valence-corrected chi connectivity index (χ3v) is 1.95. The lowest BCUT2D eigenvalue weighted by molar-refractivity contribution is -0.139. The van der Waals surface area contributed by atoms with Crippen LogP contribution in [0.4, 0.5) is 17.6 Å². The van der Waals surface area contributed by atoms with Gasteiger partial charge in [-0.3, -0.25) is 0 Å². The van der Waals surface area contributed by atoms with Crippen molar-refractivity contribution in [1.82, 2.24) is 4.98 Å². The number of halogens is 4. The van der Waals surface area contributed by atoms with Crippen molar-refractivity contribution in [3.63, 3.8) is 0 Å². The van der Waals surface area contributed by atoms with Crippen LogP contribution in [0.1, 0.15) is 5.56 Å². The van der Waals surface area contributed by atoms with Crippen molar-refractivity contribution in [1.29, 1.82) is 0 Å². The second kappa shape index (κ2) is 2.73. The average Bonchev–Trinajstić information content (AvgIpc) is 2.47. The summed E-state index contributed by atoms with van der Waals surface area (Å²) in [5.74, 6) is -1.25. The van der Waals surface area contributed by atoms with Crippen LogP contribution < -0.4 is 0 Å². The molecule has 0 unspecified atom stereocenters. The van der Waals surface area contributed by atoms with E-state index in [0.29, 0.717) is 5.39 Å². The second-order valence-corrected chi connectivity index (χ2v) is 2.89. The normalized spacial score (nSPS) is 12.3. The van der Waals surface area contributed by atoms with Gasteiger partial charge in [-0.05, 0) is 18.2 Å². The molecule has 0 aliphatic heterocycles. The van der Waals surface area contributed by atoms with Crippen molar-refractivity contribution in [2.75, 3.05) is 0 Å². The molecular formula is C9H5F4N. The molecule has 1 nitrogen and oxygen atoms in total. The molecule has 1 aromatic heterocycles. The number of nitrogens with one attached hydrogen (secondary N) is 1. The van der Waals surface area contributed by atoms with E-state index in [4.69, 9.17) is 0 Å². The van der Waals surface area contributed by atoms with Crippen molar-refractivity contribution >= 4 is 10.9 Å². The van der Waals surface area contributed by atoms with Crippen LogP contribution in [-0.2, 0) is 6.18 Å². The highest BCUT2D eigenvalue weighted by Gasteiger charge is 2.34. The van der Waals surface area contributed by atoms with E-state index < -0.39 is 17.6 Å². The monoisotopic (exact) mass is 203 g/mol. The molecule has 74 valence electrons. The van der Waals surface area contributed by atoms with E-state index in [0.717, 1.165) is 12.1 Å². The predicted molar refractivity (Wildman–Crippen MR) is 43.3 cm³/mol. The molecule has 2 aromatic rings. The van der Waals surface area contributed by atoms with Gasteiger partial charge < -0.3 is 4.98 Å². The number of fused-ring (bicyclic) bond motifs is 1. The molecule has 2 rings (SSSR count). The third kappa shape index (κ3) is 1.34. The summed E-state index contributed by atoms with van der Waals surface area (Å²) >= 11 is 0. The van der Waals surface area contributed by atoms with Gasteiger partial charge in [-0.15, -0.1) is 0 Å². The summed E-state index contributed by atoms with van der Waals surface area (Å²) in [6.07, 6.45) is -3.19. The summed E-state index contributed by atoms with van der Waals surface area (Å²) < 4.78 is 49.6. The van der Waals surface area contributed by atoms with Gasteiger partial charge in [0.1, 0.15) is 5.82 Å². The first-order valence-electron chi connectivity index (χ1n) is 3.82. The Kier molecular flexibility index (Phi) is 1.77. The van der Waals surface area contributed by atoms with E-state index in [1.807, 2.05) is 0 Å². The maximum Gasteiger partial charge on any atom is 0.419 e. The van der Waals surface area contributed by atoms with E-state index in [2.05, 4.69) is 4.98 Å². The number of aromatic nitrogens is 1. The SMILES string of the molecule is Fc1cc2cc[nH]c2cc1C(F)(F)F. The van der Waals surface area contributed by atoms with Crippen molar-refractivity contribution in [2.45, 2.75) is 6.18 Å². The first-order valence-corrected chi connectivity index (χ1v) is 3.82. The van der Waals surface area contributed by atoms with E-state index in [1.165, 1.54) is 12.3 Å². The molecule has 0 atom stereocenters. The molecule has 0 aliphatic rings. The average molecular weight is 203 g/mol. The number of alkyl halides is 3. The van der Waals surface area contributed by atoms with Gasteiger partial charge in [-0.2, -0.15) is 13.2 Å². The number of aromatic amines is 1. The molecule has 14 heavy (non-hydrogen) atoms. The highest BCUT2D eigenvalue weighted by atomic mass is 19.4. The lowest BCUT2D eigenvalue weighted by atomic mass is 10.1. The number of hydrogen-bond donors (Lipinski definition) is 1. The fraction of sp³-hybridized carbons (Fsp3) is 0.111. The Morgan fingerprint density at radius 3 is 2.50 bits per heavy atom. The fourth-order valence-corrected chi connectivity index (χ4v) is 1.29. The Bertz CT molecular complexity index is 469. The Labute approximate surface area is 76.3 Å². The summed E-state index contributed by atoms with van der Waals surface area (Å²) in [5, 5.41) is 0.426. The summed E-state index contributed by atoms with van der Waals surface area (Å²) in [6, 6.07) is 3.15. The topological polar surface area (TPSA) is 15.8 Å². The molecule has 0 saturated carbocycles. The zero-order chi connectivity index (χ0) is 10.3. The zero-order valence-electron chi connectivity index (χ0n) is 6.82. The molecule has 0 bridgehead atoms. The number of hydrogen-bond acceptors (Lipinski definition) is 0. The second-order valence-electron chi connectivity index (χ2n) is 2.89. The molecule has 1 N–H and O–H groups in total. The van der Waals surface area contributed by atoms with Crippen molar-refractivity contribution in [3.05, 3.63) is 35.8 Å². The molecule has 1 aromatic carbocycles. The highest BCUT2D eigenvalue weighted by molar-refractivity contribution is 5.80. The van der Waals surface area contributed by atoms with Crippen LogP contribution in [-0.4, -0.2) is 4.98 Å². The maximum atomic E-state index is 13.0. The molecule has 0 spiro atoms. The molecule has 0 aliphatic carbocycles. The van der Waals surface area contributed by atoms with Gasteiger partial charge in [0.05, 0.1) is 5.56 Å². The number of rotatable bonds is 0. The maximum absolute atomic E-state index is 13.0. The van der Waals surface area contributed by atoms with Gasteiger partial charge >= 0.3 is 6.18 Å². The number of H-pyrrole nitrogens is 1. The molecule has 0 fully saturated rings. The van der Waals surface area contributed by atoms with Crippen LogP contribution in [0.2, 0.25) is 0 Å². The Hall–Kier alpha value is -1.52. The largest absolute Gasteiger partial charge is 0.419 e. The molecule has 1 heterocycles. The van der Waals surface area contributed by atoms with Gasteiger partial charge in [-0.25, -0.2) is 4.39 Å². The van der Waals surface area contributed by atoms with Gasteiger partial charge in [0.15, 0.2) is 0 Å². The van der Waals surface area contributed by atoms with Crippen LogP contribution in [0, 0.1) is 5.82 Å². The lowest BCUT2D eigenvalue weighted by Crippen LogP contribution is -2.07. The summed E-state index contributed by atoms with van der Waals surface area (Å²) in [6.45, 7) is 0. The van der Waals surface area contributed by atoms with Gasteiger partial charge in [0, 0.05) is 17.1 Å². The van der Waals surface area contributed by atoms with Crippen LogP contribution in [0.25, 0.3) is 10.9 Å². The first-order chi connectivity index (χ1) is 6.48. The van der Waals surface area contributed by atoms with E-state index in [-0.39, 0.29) is 5.52 Å². The van der Waals surface area contributed by atoms with Crippen LogP contribution in [0.5, 0.6) is 0 Å². The van der Waals surface area contributed by atoms with E-state index >= 15 is 0 Å². The first kappa shape index (κ1) is 9.05. The minimum Gasteiger partial charge on any atom is -0.361 e. The predicted octanol–water partition coefficient (Wildman–Crippen LogP) is 3.33. The summed E-state index contributed by atoms with van der Waals surface area (Å²) in [7, 11) is 0. The molecule has 0 radical (unpaired) electrons. The minimum atomic E-state index is -4.65. The fourth-order valence-electron chi connectivity index (χ4n) is 1.29. The molecule has 5 heteroatoms. The van der Waals surface area contributed by atoms with Crippen molar-refractivity contribution < 1.29 is 17.6 Å². The van der Waals surface area contributed by atoms with Gasteiger partial charge in [0.25, 0.3) is 0 Å². The molecular weight excluding hydrogens is 198 g/mol. The Morgan fingerprint density at radius 2 is 1.86 bits per heavy atom. The van der Waals surface area contributed by atoms with E-state index in [1.54, 1.807) is 0 Å². The minimum absolute atomic E-state index is 0.277. The van der Waals surface area contributed by atoms with Gasteiger partial charge in [0.2, 0.25) is 0 Å². The summed E-state index contributed by atoms with van der Waals surface area (Å²) in [4.78, 5) is 2.59. The van der Waals surface area contributed by atoms with E-state index in [9.17, 15) is 17.6 Å². The van der Waals surface area contributed by atoms with Crippen molar-refractivity contribution in [3.8, 4) is 0 Å². The zero-order valence-corrected chi connectivity index (χ0v) is 6.82. The Balaban J connectivity index is 2.71. The third-order valence-electron chi connectivity index (χ3n) is 1.95. The summed E-state index contributed by atoms with van der Waals surface area (Å²) in [5.41, 5.74) is -0.967. The number of benzene rings is 1. The van der Waals surface area contributed by atoms with Crippen LogP contribution in [0.15, 0.2) is 24.4 Å². The molecule has 0 saturated heterocycles. The van der Waals surface area contributed by atoms with Crippen LogP contribution >= 0.6 is 0 Å². The lowest BCUT2D eigenvalue weighted by Gasteiger charge is -2.07. The van der Waals surface area contributed by atoms with Crippen molar-refractivity contribution in [2.24, 2.45) is 0 Å². The quantitative estimate of drug-likeness (QED) is 0.632. The van der Waals surface area contributed by atoms with Crippen LogP contribution in [0.3, 0.4) is 0 Å². The highest BCUT2D eigenvalue weighted by Crippen LogP contribution is 2.33. The molecule has 0 amide bonds. The standard InChI is InChI=1S/C9H5F4N/c10-7-3-5-1-2-14-8(5)4-6(7)9(11,12)13/h1-4,14H. The smallest absolute Gasteiger partial charge is 0.361 e.